The number of hydrogen-bond acceptors (Lipinski definition) is 3. The Morgan fingerprint density at radius 2 is 1.77 bits per heavy atom. The van der Waals surface area contributed by atoms with Crippen molar-refractivity contribution in [3.05, 3.63) is 83.7 Å². The quantitative estimate of drug-likeness (QED) is 0.470. The van der Waals surface area contributed by atoms with Crippen LogP contribution >= 0.6 is 0 Å². The molecule has 6 heteroatoms. The fraction of sp³-hybridized carbons (Fsp3) is 0.125. The lowest BCUT2D eigenvalue weighted by molar-refractivity contribution is 0.588. The van der Waals surface area contributed by atoms with Crippen molar-refractivity contribution in [3.63, 3.8) is 0 Å². The minimum Gasteiger partial charge on any atom is -0.338 e. The average Bonchev–Trinajstić information content (AvgIpc) is 3.20. The molecule has 0 fully saturated rings. The van der Waals surface area contributed by atoms with Crippen molar-refractivity contribution >= 4 is 33.2 Å². The lowest BCUT2D eigenvalue weighted by Crippen LogP contribution is -2.19. The number of nitrogens with one attached hydrogen (secondary N) is 2. The zero-order valence-electron chi connectivity index (χ0n) is 16.9. The minimum atomic E-state index is -3.56. The molecule has 3 aromatic carbocycles. The summed E-state index contributed by atoms with van der Waals surface area (Å²) in [7, 11) is -2.14. The molecule has 5 nitrogen and oxygen atoms in total. The lowest BCUT2D eigenvalue weighted by atomic mass is 10.1. The molecule has 2 N–H and O–H groups in total. The van der Waals surface area contributed by atoms with E-state index in [9.17, 15) is 8.42 Å². The molecule has 0 aliphatic rings. The summed E-state index contributed by atoms with van der Waals surface area (Å²) in [5.41, 5.74) is 5.56. The second-order valence-electron chi connectivity index (χ2n) is 6.99. The molecule has 30 heavy (non-hydrogen) atoms. The summed E-state index contributed by atoms with van der Waals surface area (Å²) >= 11 is 0. The second kappa shape index (κ2) is 8.26. The van der Waals surface area contributed by atoms with Gasteiger partial charge in [-0.1, -0.05) is 61.5 Å². The molecule has 0 amide bonds. The van der Waals surface area contributed by atoms with Gasteiger partial charge in [0.1, 0.15) is 5.82 Å². The van der Waals surface area contributed by atoms with Crippen LogP contribution in [0.5, 0.6) is 0 Å². The van der Waals surface area contributed by atoms with Crippen molar-refractivity contribution < 1.29 is 8.42 Å². The van der Waals surface area contributed by atoms with Crippen molar-refractivity contribution in [2.24, 2.45) is 0 Å². The van der Waals surface area contributed by atoms with Gasteiger partial charge in [-0.15, -0.1) is 0 Å². The van der Waals surface area contributed by atoms with Crippen molar-refractivity contribution in [1.82, 2.24) is 14.7 Å². The Hall–Kier alpha value is -3.22. The number of aryl methyl sites for hydroxylation is 1. The minimum absolute atomic E-state index is 0.252. The standard InChI is InChI=1S/C24H23N3O2S/c1-3-17-8-10-18(11-9-17)12-15-24-26-21-14-13-19(16-22(21)27-24)20-6-4-5-7-23(20)30(28,29)25-2/h4-16,25H,3H2,1-2H3,(H,26,27)/b15-12+. The van der Waals surface area contributed by atoms with Gasteiger partial charge in [0, 0.05) is 5.56 Å². The fourth-order valence-electron chi connectivity index (χ4n) is 3.36. The van der Waals surface area contributed by atoms with Crippen molar-refractivity contribution in [1.29, 1.82) is 0 Å². The molecule has 0 radical (unpaired) electrons. The van der Waals surface area contributed by atoms with E-state index >= 15 is 0 Å². The van der Waals surface area contributed by atoms with Gasteiger partial charge >= 0.3 is 0 Å². The summed E-state index contributed by atoms with van der Waals surface area (Å²) in [5.74, 6) is 0.748. The van der Waals surface area contributed by atoms with E-state index in [1.54, 1.807) is 12.1 Å². The number of benzene rings is 3. The molecular formula is C24H23N3O2S. The normalized spacial score (nSPS) is 12.1. The first-order valence-electron chi connectivity index (χ1n) is 9.80. The number of rotatable bonds is 6. The zero-order valence-corrected chi connectivity index (χ0v) is 17.7. The second-order valence-corrected chi connectivity index (χ2v) is 8.84. The van der Waals surface area contributed by atoms with E-state index in [1.807, 2.05) is 42.5 Å². The topological polar surface area (TPSA) is 74.8 Å². The van der Waals surface area contributed by atoms with E-state index in [-0.39, 0.29) is 4.90 Å². The van der Waals surface area contributed by atoms with Crippen LogP contribution in [0.1, 0.15) is 23.9 Å². The van der Waals surface area contributed by atoms with Gasteiger partial charge in [-0.2, -0.15) is 0 Å². The highest BCUT2D eigenvalue weighted by molar-refractivity contribution is 7.89. The van der Waals surface area contributed by atoms with Gasteiger partial charge < -0.3 is 4.98 Å². The predicted octanol–water partition coefficient (Wildman–Crippen LogP) is 4.87. The Kier molecular flexibility index (Phi) is 5.53. The van der Waals surface area contributed by atoms with Crippen molar-refractivity contribution in [2.45, 2.75) is 18.2 Å². The molecule has 0 aliphatic heterocycles. The molecule has 1 aromatic heterocycles. The fourth-order valence-corrected chi connectivity index (χ4v) is 4.32. The van der Waals surface area contributed by atoms with Gasteiger partial charge in [0.05, 0.1) is 15.9 Å². The maximum absolute atomic E-state index is 12.4. The maximum Gasteiger partial charge on any atom is 0.240 e. The number of imidazole rings is 1. The Labute approximate surface area is 176 Å². The molecule has 0 saturated heterocycles. The van der Waals surface area contributed by atoms with Gasteiger partial charge in [-0.05, 0) is 54.4 Å². The third-order valence-corrected chi connectivity index (χ3v) is 6.55. The smallest absolute Gasteiger partial charge is 0.240 e. The third kappa shape index (κ3) is 4.06. The van der Waals surface area contributed by atoms with Gasteiger partial charge in [0.25, 0.3) is 0 Å². The van der Waals surface area contributed by atoms with E-state index in [0.717, 1.165) is 34.4 Å². The molecule has 0 spiro atoms. The van der Waals surface area contributed by atoms with Gasteiger partial charge in [-0.25, -0.2) is 18.1 Å². The molecular weight excluding hydrogens is 394 g/mol. The van der Waals surface area contributed by atoms with E-state index in [2.05, 4.69) is 45.9 Å². The van der Waals surface area contributed by atoms with Crippen LogP contribution in [-0.2, 0) is 16.4 Å². The Balaban J connectivity index is 1.67. The monoisotopic (exact) mass is 417 g/mol. The largest absolute Gasteiger partial charge is 0.338 e. The number of nitrogens with zero attached hydrogens (tertiary/aromatic N) is 1. The zero-order chi connectivity index (χ0) is 21.1. The van der Waals surface area contributed by atoms with Crippen LogP contribution in [-0.4, -0.2) is 25.4 Å². The van der Waals surface area contributed by atoms with Crippen LogP contribution in [0.4, 0.5) is 0 Å². The van der Waals surface area contributed by atoms with E-state index < -0.39 is 10.0 Å². The summed E-state index contributed by atoms with van der Waals surface area (Å²) < 4.78 is 27.2. The molecule has 4 aromatic rings. The third-order valence-electron chi connectivity index (χ3n) is 5.08. The van der Waals surface area contributed by atoms with Gasteiger partial charge in [-0.3, -0.25) is 0 Å². The maximum atomic E-state index is 12.4. The van der Waals surface area contributed by atoms with Crippen molar-refractivity contribution in [3.8, 4) is 11.1 Å². The molecule has 4 rings (SSSR count). The van der Waals surface area contributed by atoms with Crippen LogP contribution < -0.4 is 4.72 Å². The highest BCUT2D eigenvalue weighted by Crippen LogP contribution is 2.29. The molecule has 0 saturated carbocycles. The van der Waals surface area contributed by atoms with Crippen LogP contribution in [0.3, 0.4) is 0 Å². The van der Waals surface area contributed by atoms with Crippen LogP contribution in [0.25, 0.3) is 34.3 Å². The molecule has 0 atom stereocenters. The lowest BCUT2D eigenvalue weighted by Gasteiger charge is -2.09. The average molecular weight is 418 g/mol. The summed E-state index contributed by atoms with van der Waals surface area (Å²) in [6.07, 6.45) is 4.99. The van der Waals surface area contributed by atoms with Crippen LogP contribution in [0.15, 0.2) is 71.6 Å². The SMILES string of the molecule is CCc1ccc(/C=C/c2nc3ccc(-c4ccccc4S(=O)(=O)NC)cc3[nH]2)cc1. The molecule has 0 aliphatic carbocycles. The van der Waals surface area contributed by atoms with Crippen LogP contribution in [0, 0.1) is 0 Å². The predicted molar refractivity (Wildman–Crippen MR) is 123 cm³/mol. The molecule has 1 heterocycles. The Morgan fingerprint density at radius 1 is 1.00 bits per heavy atom. The van der Waals surface area contributed by atoms with E-state index in [0.29, 0.717) is 5.56 Å². The van der Waals surface area contributed by atoms with Gasteiger partial charge in [0.15, 0.2) is 0 Å². The first-order chi connectivity index (χ1) is 14.5. The first-order valence-corrected chi connectivity index (χ1v) is 11.3. The van der Waals surface area contributed by atoms with E-state index in [1.165, 1.54) is 12.6 Å². The number of H-pyrrole nitrogens is 1. The Bertz CT molecular complexity index is 1320. The molecule has 0 unspecified atom stereocenters. The summed E-state index contributed by atoms with van der Waals surface area (Å²) in [5, 5.41) is 0. The molecule has 152 valence electrons. The molecule has 0 bridgehead atoms. The highest BCUT2D eigenvalue weighted by atomic mass is 32.2. The Morgan fingerprint density at radius 3 is 2.50 bits per heavy atom. The number of sulfonamides is 1. The number of fused-ring (bicyclic) bond motifs is 1. The highest BCUT2D eigenvalue weighted by Gasteiger charge is 2.17. The summed E-state index contributed by atoms with van der Waals surface area (Å²) in [6.45, 7) is 2.14. The summed E-state index contributed by atoms with van der Waals surface area (Å²) in [4.78, 5) is 8.17. The number of aromatic amines is 1. The number of hydrogen-bond donors (Lipinski definition) is 2. The number of aromatic nitrogens is 2. The van der Waals surface area contributed by atoms with E-state index in [4.69, 9.17) is 0 Å². The van der Waals surface area contributed by atoms with Gasteiger partial charge in [0.2, 0.25) is 10.0 Å². The summed E-state index contributed by atoms with van der Waals surface area (Å²) in [6, 6.07) is 21.1. The first kappa shape index (κ1) is 20.1. The van der Waals surface area contributed by atoms with Crippen molar-refractivity contribution in [2.75, 3.05) is 7.05 Å². The van der Waals surface area contributed by atoms with Crippen LogP contribution in [0.2, 0.25) is 0 Å².